The Bertz CT molecular complexity index is 819. The molecule has 1 N–H and O–H groups in total. The van der Waals surface area contributed by atoms with Gasteiger partial charge in [0.05, 0.1) is 10.3 Å². The molecule has 0 saturated carbocycles. The zero-order valence-corrected chi connectivity index (χ0v) is 12.4. The van der Waals surface area contributed by atoms with Crippen LogP contribution >= 0.6 is 0 Å². The van der Waals surface area contributed by atoms with E-state index in [1.165, 1.54) is 6.07 Å². The van der Waals surface area contributed by atoms with Crippen LogP contribution in [0.2, 0.25) is 0 Å². The fourth-order valence-corrected chi connectivity index (χ4v) is 2.45. The molecule has 0 aromatic heterocycles. The molecule has 0 aliphatic rings. The average Bonchev–Trinajstić information content (AvgIpc) is 2.59. The lowest BCUT2D eigenvalue weighted by Gasteiger charge is -2.11. The van der Waals surface area contributed by atoms with Crippen molar-refractivity contribution in [1.29, 1.82) is 0 Å². The Morgan fingerprint density at radius 1 is 0.913 bits per heavy atom. The summed E-state index contributed by atoms with van der Waals surface area (Å²) in [6, 6.07) is 20.2. The Morgan fingerprint density at radius 3 is 2.35 bits per heavy atom. The van der Waals surface area contributed by atoms with Crippen molar-refractivity contribution in [2.24, 2.45) is 0 Å². The number of ether oxygens (including phenoxy) is 1. The second kappa shape index (κ2) is 6.79. The molecule has 0 fully saturated rings. The number of hydrogen-bond acceptors (Lipinski definition) is 4. The average molecular weight is 308 g/mol. The Morgan fingerprint density at radius 2 is 1.61 bits per heavy atom. The van der Waals surface area contributed by atoms with E-state index in [1.807, 2.05) is 42.5 Å². The van der Waals surface area contributed by atoms with Gasteiger partial charge in [0, 0.05) is 23.7 Å². The van der Waals surface area contributed by atoms with Gasteiger partial charge in [-0.05, 0) is 24.3 Å². The van der Waals surface area contributed by atoms with Gasteiger partial charge >= 0.3 is 0 Å². The predicted molar refractivity (Wildman–Crippen MR) is 91.0 cm³/mol. The van der Waals surface area contributed by atoms with Crippen molar-refractivity contribution in [3.63, 3.8) is 0 Å². The number of hydrogen-bond donors (Lipinski definition) is 1. The van der Waals surface area contributed by atoms with Gasteiger partial charge < -0.3 is 10.1 Å². The quantitative estimate of drug-likeness (QED) is 0.420. The zero-order chi connectivity index (χ0) is 16.1. The van der Waals surface area contributed by atoms with Crippen LogP contribution < -0.4 is 10.1 Å². The summed E-state index contributed by atoms with van der Waals surface area (Å²) in [6.07, 6.45) is 0. The second-order valence-corrected chi connectivity index (χ2v) is 5.03. The summed E-state index contributed by atoms with van der Waals surface area (Å²) in [7, 11) is 0. The van der Waals surface area contributed by atoms with Crippen LogP contribution in [0.3, 0.4) is 0 Å². The molecule has 0 spiro atoms. The van der Waals surface area contributed by atoms with Gasteiger partial charge in [-0.2, -0.15) is 0 Å². The lowest BCUT2D eigenvalue weighted by Crippen LogP contribution is -2.11. The van der Waals surface area contributed by atoms with Crippen molar-refractivity contribution in [2.45, 2.75) is 0 Å². The SMILES string of the molecule is O=[N+]([O-])c1ccc(OCCNc2ccccc2)c2ccccc12. The first kappa shape index (κ1) is 14.8. The van der Waals surface area contributed by atoms with Crippen LogP contribution in [-0.2, 0) is 0 Å². The van der Waals surface area contributed by atoms with Crippen molar-refractivity contribution in [1.82, 2.24) is 0 Å². The van der Waals surface area contributed by atoms with Gasteiger partial charge in [0.25, 0.3) is 5.69 Å². The maximum absolute atomic E-state index is 11.1. The summed E-state index contributed by atoms with van der Waals surface area (Å²) < 4.78 is 5.79. The molecule has 5 heteroatoms. The maximum Gasteiger partial charge on any atom is 0.277 e. The standard InChI is InChI=1S/C18H16N2O3/c21-20(22)17-10-11-18(16-9-5-4-8-15(16)17)23-13-12-19-14-6-2-1-3-7-14/h1-11,19H,12-13H2. The van der Waals surface area contributed by atoms with Crippen LogP contribution in [0.5, 0.6) is 5.75 Å². The molecule has 116 valence electrons. The number of rotatable bonds is 6. The predicted octanol–water partition coefficient (Wildman–Crippen LogP) is 4.24. The number of nitro benzene ring substituents is 1. The molecule has 0 saturated heterocycles. The summed E-state index contributed by atoms with van der Waals surface area (Å²) in [4.78, 5) is 10.7. The summed E-state index contributed by atoms with van der Waals surface area (Å²) >= 11 is 0. The van der Waals surface area contributed by atoms with Crippen molar-refractivity contribution < 1.29 is 9.66 Å². The fraction of sp³-hybridized carbons (Fsp3) is 0.111. The van der Waals surface area contributed by atoms with E-state index in [9.17, 15) is 10.1 Å². The lowest BCUT2D eigenvalue weighted by atomic mass is 10.1. The van der Waals surface area contributed by atoms with E-state index in [4.69, 9.17) is 4.74 Å². The molecule has 0 bridgehead atoms. The van der Waals surface area contributed by atoms with Gasteiger partial charge in [-0.25, -0.2) is 0 Å². The summed E-state index contributed by atoms with van der Waals surface area (Å²) in [6.45, 7) is 1.12. The number of nitro groups is 1. The smallest absolute Gasteiger partial charge is 0.277 e. The Balaban J connectivity index is 1.71. The molecule has 3 rings (SSSR count). The monoisotopic (exact) mass is 308 g/mol. The Kier molecular flexibility index (Phi) is 4.38. The Hall–Kier alpha value is -3.08. The third-order valence-corrected chi connectivity index (χ3v) is 3.52. The van der Waals surface area contributed by atoms with Crippen LogP contribution in [-0.4, -0.2) is 18.1 Å². The number of para-hydroxylation sites is 1. The van der Waals surface area contributed by atoms with Gasteiger partial charge in [-0.15, -0.1) is 0 Å². The first-order valence-corrected chi connectivity index (χ1v) is 7.33. The molecule has 0 unspecified atom stereocenters. The number of fused-ring (bicyclic) bond motifs is 1. The summed E-state index contributed by atoms with van der Waals surface area (Å²) in [5.74, 6) is 0.654. The van der Waals surface area contributed by atoms with Crippen molar-refractivity contribution in [2.75, 3.05) is 18.5 Å². The van der Waals surface area contributed by atoms with Crippen LogP contribution in [0.25, 0.3) is 10.8 Å². The molecule has 0 aliphatic heterocycles. The molecule has 0 amide bonds. The second-order valence-electron chi connectivity index (χ2n) is 5.03. The summed E-state index contributed by atoms with van der Waals surface area (Å²) in [5, 5.41) is 15.7. The first-order valence-electron chi connectivity index (χ1n) is 7.33. The first-order chi connectivity index (χ1) is 11.3. The van der Waals surface area contributed by atoms with Gasteiger partial charge in [0.15, 0.2) is 0 Å². The van der Waals surface area contributed by atoms with E-state index in [2.05, 4.69) is 5.32 Å². The van der Waals surface area contributed by atoms with E-state index in [1.54, 1.807) is 18.2 Å². The number of benzene rings is 3. The number of nitrogens with one attached hydrogen (secondary N) is 1. The van der Waals surface area contributed by atoms with Crippen molar-refractivity contribution in [3.05, 3.63) is 76.8 Å². The van der Waals surface area contributed by atoms with Gasteiger partial charge in [0.2, 0.25) is 0 Å². The molecule has 0 heterocycles. The van der Waals surface area contributed by atoms with E-state index in [-0.39, 0.29) is 10.6 Å². The molecule has 3 aromatic rings. The van der Waals surface area contributed by atoms with Crippen LogP contribution in [0, 0.1) is 10.1 Å². The van der Waals surface area contributed by atoms with Gasteiger partial charge in [0.1, 0.15) is 12.4 Å². The number of non-ortho nitro benzene ring substituents is 1. The van der Waals surface area contributed by atoms with Crippen LogP contribution in [0.15, 0.2) is 66.7 Å². The normalized spacial score (nSPS) is 10.4. The molecular formula is C18H16N2O3. The van der Waals surface area contributed by atoms with E-state index < -0.39 is 0 Å². The highest BCUT2D eigenvalue weighted by molar-refractivity contribution is 5.95. The highest BCUT2D eigenvalue weighted by Crippen LogP contribution is 2.32. The van der Waals surface area contributed by atoms with Gasteiger partial charge in [-0.3, -0.25) is 10.1 Å². The largest absolute Gasteiger partial charge is 0.491 e. The number of anilines is 1. The number of nitrogens with zero attached hydrogens (tertiary/aromatic N) is 1. The van der Waals surface area contributed by atoms with E-state index >= 15 is 0 Å². The third kappa shape index (κ3) is 3.40. The van der Waals surface area contributed by atoms with Crippen molar-refractivity contribution in [3.8, 4) is 5.75 Å². The lowest BCUT2D eigenvalue weighted by molar-refractivity contribution is -0.383. The highest BCUT2D eigenvalue weighted by atomic mass is 16.6. The minimum Gasteiger partial charge on any atom is -0.491 e. The van der Waals surface area contributed by atoms with Gasteiger partial charge in [-0.1, -0.05) is 36.4 Å². The maximum atomic E-state index is 11.1. The molecular weight excluding hydrogens is 292 g/mol. The molecule has 0 atom stereocenters. The van der Waals surface area contributed by atoms with E-state index in [0.717, 1.165) is 11.1 Å². The van der Waals surface area contributed by atoms with Crippen LogP contribution in [0.1, 0.15) is 0 Å². The zero-order valence-electron chi connectivity index (χ0n) is 12.4. The third-order valence-electron chi connectivity index (χ3n) is 3.52. The molecule has 3 aromatic carbocycles. The molecule has 0 aliphatic carbocycles. The highest BCUT2D eigenvalue weighted by Gasteiger charge is 2.14. The summed E-state index contributed by atoms with van der Waals surface area (Å²) in [5.41, 5.74) is 1.13. The molecule has 23 heavy (non-hydrogen) atoms. The van der Waals surface area contributed by atoms with E-state index in [0.29, 0.717) is 24.3 Å². The topological polar surface area (TPSA) is 64.4 Å². The minimum atomic E-state index is -0.372. The molecule has 0 radical (unpaired) electrons. The van der Waals surface area contributed by atoms with Crippen molar-refractivity contribution >= 4 is 22.1 Å². The van der Waals surface area contributed by atoms with Crippen LogP contribution in [0.4, 0.5) is 11.4 Å². The Labute approximate surface area is 133 Å². The molecule has 5 nitrogen and oxygen atoms in total. The minimum absolute atomic E-state index is 0.0929. The fourth-order valence-electron chi connectivity index (χ4n) is 2.45.